The van der Waals surface area contributed by atoms with Crippen molar-refractivity contribution < 1.29 is 14.6 Å². The molecule has 0 radical (unpaired) electrons. The number of methoxy groups -OCH3 is 2. The Morgan fingerprint density at radius 2 is 1.87 bits per heavy atom. The van der Waals surface area contributed by atoms with Crippen molar-refractivity contribution in [1.29, 1.82) is 0 Å². The van der Waals surface area contributed by atoms with Gasteiger partial charge >= 0.3 is 0 Å². The van der Waals surface area contributed by atoms with Crippen molar-refractivity contribution in [2.75, 3.05) is 20.8 Å². The molecular weight excluding hydrogens is 260 g/mol. The smallest absolute Gasteiger partial charge is 0.165 e. The summed E-state index contributed by atoms with van der Waals surface area (Å²) in [5.74, 6) is 1.42. The fraction of sp³-hybridized carbons (Fsp3) is 0.455. The summed E-state index contributed by atoms with van der Waals surface area (Å²) in [6.45, 7) is 2.04. The van der Waals surface area contributed by atoms with Gasteiger partial charge in [0.25, 0.3) is 0 Å². The maximum Gasteiger partial charge on any atom is 0.165 e. The average Bonchev–Trinajstić information content (AvgIpc) is 2.23. The summed E-state index contributed by atoms with van der Waals surface area (Å²) in [7, 11) is 3.21. The van der Waals surface area contributed by atoms with Crippen molar-refractivity contribution in [2.45, 2.75) is 13.3 Å². The van der Waals surface area contributed by atoms with Gasteiger partial charge in [0.15, 0.2) is 11.5 Å². The minimum absolute atomic E-state index is 0.0923. The van der Waals surface area contributed by atoms with E-state index in [0.29, 0.717) is 12.2 Å². The zero-order chi connectivity index (χ0) is 11.4. The molecule has 0 fully saturated rings. The van der Waals surface area contributed by atoms with Crippen molar-refractivity contribution >= 4 is 15.9 Å². The molecular formula is C11H15BrO3. The number of ether oxygens (including phenoxy) is 2. The SMILES string of the molecule is COc1c(CCO)cc(Br)c(C)c1OC. The van der Waals surface area contributed by atoms with Crippen LogP contribution in [-0.4, -0.2) is 25.9 Å². The largest absolute Gasteiger partial charge is 0.493 e. The molecule has 0 saturated heterocycles. The Morgan fingerprint density at radius 3 is 2.33 bits per heavy atom. The lowest BCUT2D eigenvalue weighted by atomic mass is 10.1. The Bertz CT molecular complexity index is 350. The molecule has 0 heterocycles. The van der Waals surface area contributed by atoms with E-state index in [1.54, 1.807) is 14.2 Å². The summed E-state index contributed by atoms with van der Waals surface area (Å²) in [6.07, 6.45) is 0.554. The van der Waals surface area contributed by atoms with E-state index in [-0.39, 0.29) is 6.61 Å². The second-order valence-corrected chi connectivity index (χ2v) is 4.04. The van der Waals surface area contributed by atoms with Gasteiger partial charge in [0.2, 0.25) is 0 Å². The second kappa shape index (κ2) is 5.37. The topological polar surface area (TPSA) is 38.7 Å². The summed E-state index contributed by atoms with van der Waals surface area (Å²) in [5, 5.41) is 8.95. The van der Waals surface area contributed by atoms with Gasteiger partial charge in [-0.15, -0.1) is 0 Å². The zero-order valence-electron chi connectivity index (χ0n) is 9.13. The minimum Gasteiger partial charge on any atom is -0.493 e. The van der Waals surface area contributed by atoms with E-state index in [9.17, 15) is 0 Å². The van der Waals surface area contributed by atoms with Crippen LogP contribution in [0, 0.1) is 6.92 Å². The Morgan fingerprint density at radius 1 is 1.27 bits per heavy atom. The Balaban J connectivity index is 3.33. The van der Waals surface area contributed by atoms with Crippen molar-refractivity contribution in [2.24, 2.45) is 0 Å². The molecule has 0 aliphatic heterocycles. The monoisotopic (exact) mass is 274 g/mol. The zero-order valence-corrected chi connectivity index (χ0v) is 10.7. The maximum atomic E-state index is 8.95. The van der Waals surface area contributed by atoms with E-state index >= 15 is 0 Å². The van der Waals surface area contributed by atoms with Crippen LogP contribution in [0.25, 0.3) is 0 Å². The highest BCUT2D eigenvalue weighted by Gasteiger charge is 2.15. The van der Waals surface area contributed by atoms with Crippen LogP contribution in [0.15, 0.2) is 10.5 Å². The normalized spacial score (nSPS) is 10.2. The first-order valence-corrected chi connectivity index (χ1v) is 5.45. The third-order valence-corrected chi connectivity index (χ3v) is 3.11. The molecule has 4 heteroatoms. The first kappa shape index (κ1) is 12.3. The number of aliphatic hydroxyl groups is 1. The predicted octanol–water partition coefficient (Wildman–Crippen LogP) is 2.31. The van der Waals surface area contributed by atoms with E-state index in [2.05, 4.69) is 15.9 Å². The van der Waals surface area contributed by atoms with E-state index in [1.165, 1.54) is 0 Å². The van der Waals surface area contributed by atoms with Gasteiger partial charge in [-0.25, -0.2) is 0 Å². The van der Waals surface area contributed by atoms with Crippen LogP contribution in [0.4, 0.5) is 0 Å². The average molecular weight is 275 g/mol. The molecule has 0 aromatic heterocycles. The van der Waals surface area contributed by atoms with Gasteiger partial charge in [-0.05, 0) is 19.4 Å². The van der Waals surface area contributed by atoms with Crippen LogP contribution in [0.3, 0.4) is 0 Å². The number of halogens is 1. The highest BCUT2D eigenvalue weighted by Crippen LogP contribution is 2.38. The predicted molar refractivity (Wildman–Crippen MR) is 62.8 cm³/mol. The molecule has 0 aliphatic rings. The molecule has 0 bridgehead atoms. The molecule has 1 aromatic carbocycles. The van der Waals surface area contributed by atoms with Crippen molar-refractivity contribution in [1.82, 2.24) is 0 Å². The van der Waals surface area contributed by atoms with E-state index < -0.39 is 0 Å². The van der Waals surface area contributed by atoms with Crippen LogP contribution in [0.2, 0.25) is 0 Å². The Hall–Kier alpha value is -0.740. The van der Waals surface area contributed by atoms with Gasteiger partial charge in [0.1, 0.15) is 0 Å². The standard InChI is InChI=1S/C11H15BrO3/c1-7-9(12)6-8(4-5-13)11(15-3)10(7)14-2/h6,13H,4-5H2,1-3H3. The van der Waals surface area contributed by atoms with Crippen LogP contribution < -0.4 is 9.47 Å². The maximum absolute atomic E-state index is 8.95. The molecule has 3 nitrogen and oxygen atoms in total. The van der Waals surface area contributed by atoms with Crippen molar-refractivity contribution in [3.05, 3.63) is 21.7 Å². The lowest BCUT2D eigenvalue weighted by Crippen LogP contribution is -2.01. The molecule has 1 aromatic rings. The van der Waals surface area contributed by atoms with Crippen LogP contribution in [0.5, 0.6) is 11.5 Å². The summed E-state index contributed by atoms with van der Waals surface area (Å²) < 4.78 is 11.6. The van der Waals surface area contributed by atoms with Gasteiger partial charge in [0.05, 0.1) is 14.2 Å². The fourth-order valence-electron chi connectivity index (χ4n) is 1.53. The van der Waals surface area contributed by atoms with Crippen LogP contribution >= 0.6 is 15.9 Å². The third kappa shape index (κ3) is 2.44. The van der Waals surface area contributed by atoms with E-state index in [4.69, 9.17) is 14.6 Å². The highest BCUT2D eigenvalue weighted by molar-refractivity contribution is 9.10. The molecule has 0 amide bonds. The second-order valence-electron chi connectivity index (χ2n) is 3.18. The molecule has 15 heavy (non-hydrogen) atoms. The van der Waals surface area contributed by atoms with Crippen molar-refractivity contribution in [3.8, 4) is 11.5 Å². The highest BCUT2D eigenvalue weighted by atomic mass is 79.9. The summed E-state index contributed by atoms with van der Waals surface area (Å²) in [5.41, 5.74) is 1.94. The number of hydrogen-bond donors (Lipinski definition) is 1. The Labute approximate surface area is 98.1 Å². The van der Waals surface area contributed by atoms with Gasteiger partial charge in [-0.3, -0.25) is 0 Å². The lowest BCUT2D eigenvalue weighted by molar-refractivity contribution is 0.294. The first-order valence-electron chi connectivity index (χ1n) is 4.66. The fourth-order valence-corrected chi connectivity index (χ4v) is 1.98. The molecule has 0 saturated carbocycles. The van der Waals surface area contributed by atoms with Crippen molar-refractivity contribution in [3.63, 3.8) is 0 Å². The molecule has 0 unspecified atom stereocenters. The number of hydrogen-bond acceptors (Lipinski definition) is 3. The molecule has 0 spiro atoms. The van der Waals surface area contributed by atoms with Gasteiger partial charge in [0, 0.05) is 22.2 Å². The summed E-state index contributed by atoms with van der Waals surface area (Å²) in [6, 6.07) is 1.95. The van der Waals surface area contributed by atoms with Gasteiger partial charge < -0.3 is 14.6 Å². The van der Waals surface area contributed by atoms with Crippen LogP contribution in [-0.2, 0) is 6.42 Å². The number of aliphatic hydroxyl groups excluding tert-OH is 1. The molecule has 0 aliphatic carbocycles. The Kier molecular flexibility index (Phi) is 4.42. The third-order valence-electron chi connectivity index (χ3n) is 2.29. The summed E-state index contributed by atoms with van der Waals surface area (Å²) >= 11 is 3.45. The van der Waals surface area contributed by atoms with Crippen LogP contribution in [0.1, 0.15) is 11.1 Å². The lowest BCUT2D eigenvalue weighted by Gasteiger charge is -2.15. The quantitative estimate of drug-likeness (QED) is 0.916. The van der Waals surface area contributed by atoms with Gasteiger partial charge in [-0.2, -0.15) is 0 Å². The van der Waals surface area contributed by atoms with E-state index in [1.807, 2.05) is 13.0 Å². The first-order chi connectivity index (χ1) is 7.15. The molecule has 84 valence electrons. The summed E-state index contributed by atoms with van der Waals surface area (Å²) in [4.78, 5) is 0. The van der Waals surface area contributed by atoms with Gasteiger partial charge in [-0.1, -0.05) is 15.9 Å². The number of benzene rings is 1. The number of rotatable bonds is 4. The molecule has 1 rings (SSSR count). The van der Waals surface area contributed by atoms with E-state index in [0.717, 1.165) is 21.3 Å². The molecule has 0 atom stereocenters. The minimum atomic E-state index is 0.0923. The molecule has 1 N–H and O–H groups in total.